The van der Waals surface area contributed by atoms with Crippen LogP contribution in [0.4, 0.5) is 0 Å². The monoisotopic (exact) mass is 256 g/mol. The first-order chi connectivity index (χ1) is 6.73. The topological polar surface area (TPSA) is 113 Å². The van der Waals surface area contributed by atoms with Crippen LogP contribution in [0.25, 0.3) is 0 Å². The van der Waals surface area contributed by atoms with Crippen molar-refractivity contribution >= 4 is 34.6 Å². The number of hydrogen-bond acceptors (Lipinski definition) is 5. The largest absolute Gasteiger partial charge is 0.352 e. The summed E-state index contributed by atoms with van der Waals surface area (Å²) < 4.78 is 28.1. The molecule has 0 aliphatic carbocycles. The van der Waals surface area contributed by atoms with Gasteiger partial charge in [-0.2, -0.15) is 21.0 Å². The zero-order valence-corrected chi connectivity index (χ0v) is 9.64. The average molecular weight is 256 g/mol. The molecular weight excluding hydrogens is 244 g/mol. The summed E-state index contributed by atoms with van der Waals surface area (Å²) in [7, 11) is -4.27. The Morgan fingerprint density at radius 3 is 2.33 bits per heavy atom. The van der Waals surface area contributed by atoms with Crippen LogP contribution in [0.5, 0.6) is 0 Å². The number of thiol groups is 1. The maximum absolute atomic E-state index is 10.9. The predicted octanol–water partition coefficient (Wildman–Crippen LogP) is -1.62. The van der Waals surface area contributed by atoms with Gasteiger partial charge in [-0.15, -0.1) is 0 Å². The molecule has 0 saturated heterocycles. The zero-order chi connectivity index (χ0) is 12.1. The van der Waals surface area contributed by atoms with Crippen molar-refractivity contribution in [1.29, 1.82) is 0 Å². The Bertz CT molecular complexity index is 339. The van der Waals surface area contributed by atoms with E-state index in [0.29, 0.717) is 0 Å². The number of carbonyl (C=O) groups is 2. The van der Waals surface area contributed by atoms with Crippen LogP contribution in [0, 0.1) is 0 Å². The van der Waals surface area contributed by atoms with Gasteiger partial charge in [-0.1, -0.05) is 0 Å². The minimum atomic E-state index is -4.27. The van der Waals surface area contributed by atoms with Gasteiger partial charge >= 0.3 is 0 Å². The molecule has 0 aliphatic rings. The molecule has 0 bridgehead atoms. The van der Waals surface area contributed by atoms with Crippen molar-refractivity contribution in [1.82, 2.24) is 10.6 Å². The molecule has 0 rings (SSSR count). The van der Waals surface area contributed by atoms with Crippen LogP contribution in [0.3, 0.4) is 0 Å². The highest BCUT2D eigenvalue weighted by atomic mass is 32.3. The molecule has 0 heterocycles. The lowest BCUT2D eigenvalue weighted by atomic mass is 10.5. The maximum atomic E-state index is 10.9. The van der Waals surface area contributed by atoms with Crippen LogP contribution in [0.1, 0.15) is 6.92 Å². The summed E-state index contributed by atoms with van der Waals surface area (Å²) in [6.45, 7) is 0.661. The summed E-state index contributed by atoms with van der Waals surface area (Å²) in [6.07, 6.45) is 0. The molecule has 2 amide bonds. The molecule has 1 atom stereocenters. The predicted molar refractivity (Wildman–Crippen MR) is 56.0 cm³/mol. The third-order valence-corrected chi connectivity index (χ3v) is 3.15. The second kappa shape index (κ2) is 5.93. The van der Waals surface area contributed by atoms with Gasteiger partial charge < -0.3 is 10.6 Å². The molecule has 15 heavy (non-hydrogen) atoms. The molecule has 88 valence electrons. The Balaban J connectivity index is 3.87. The van der Waals surface area contributed by atoms with Crippen molar-refractivity contribution in [3.63, 3.8) is 0 Å². The normalized spacial score (nSPS) is 13.0. The molecule has 0 fully saturated rings. The van der Waals surface area contributed by atoms with E-state index in [1.807, 2.05) is 0 Å². The maximum Gasteiger partial charge on any atom is 0.278 e. The van der Waals surface area contributed by atoms with Gasteiger partial charge in [0.25, 0.3) is 10.1 Å². The molecule has 1 unspecified atom stereocenters. The fraction of sp³-hybridized carbons (Fsp3) is 0.667. The SMILES string of the molecule is CC(=O)NCC(=O)NCC(S)S(=O)(=O)O. The molecule has 0 aromatic carbocycles. The first-order valence-electron chi connectivity index (χ1n) is 3.89. The first-order valence-corrected chi connectivity index (χ1v) is 5.91. The quantitative estimate of drug-likeness (QED) is 0.349. The van der Waals surface area contributed by atoms with Gasteiger partial charge in [0, 0.05) is 13.5 Å². The molecule has 9 heteroatoms. The van der Waals surface area contributed by atoms with Gasteiger partial charge in [0.05, 0.1) is 6.54 Å². The average Bonchev–Trinajstić information content (AvgIpc) is 2.09. The van der Waals surface area contributed by atoms with Crippen molar-refractivity contribution in [3.05, 3.63) is 0 Å². The van der Waals surface area contributed by atoms with Crippen LogP contribution < -0.4 is 10.6 Å². The summed E-state index contributed by atoms with van der Waals surface area (Å²) >= 11 is 3.55. The molecule has 3 N–H and O–H groups in total. The number of hydrogen-bond donors (Lipinski definition) is 4. The standard InChI is InChI=1S/C6H12N2O5S2/c1-4(9)7-2-5(10)8-3-6(14)15(11,12)13/h6,14H,2-3H2,1H3,(H,7,9)(H,8,10)(H,11,12,13). The number of nitrogens with one attached hydrogen (secondary N) is 2. The van der Waals surface area contributed by atoms with E-state index >= 15 is 0 Å². The third kappa shape index (κ3) is 7.17. The van der Waals surface area contributed by atoms with Crippen molar-refractivity contribution in [2.75, 3.05) is 13.1 Å². The number of carbonyl (C=O) groups excluding carboxylic acids is 2. The van der Waals surface area contributed by atoms with E-state index in [9.17, 15) is 18.0 Å². The van der Waals surface area contributed by atoms with Crippen LogP contribution >= 0.6 is 12.6 Å². The summed E-state index contributed by atoms with van der Waals surface area (Å²) in [5.74, 6) is -0.935. The minimum absolute atomic E-state index is 0.249. The lowest BCUT2D eigenvalue weighted by Gasteiger charge is -2.09. The van der Waals surface area contributed by atoms with Gasteiger partial charge in [-0.3, -0.25) is 14.1 Å². The lowest BCUT2D eigenvalue weighted by Crippen LogP contribution is -2.39. The molecule has 0 saturated carbocycles. The van der Waals surface area contributed by atoms with Gasteiger partial charge in [0.2, 0.25) is 11.8 Å². The van der Waals surface area contributed by atoms with Crippen LogP contribution in [0.15, 0.2) is 0 Å². The number of rotatable bonds is 5. The van der Waals surface area contributed by atoms with Gasteiger partial charge in [0.1, 0.15) is 4.58 Å². The fourth-order valence-corrected chi connectivity index (χ4v) is 0.959. The van der Waals surface area contributed by atoms with Crippen molar-refractivity contribution < 1.29 is 22.6 Å². The highest BCUT2D eigenvalue weighted by Gasteiger charge is 2.18. The molecule has 0 aromatic heterocycles. The van der Waals surface area contributed by atoms with E-state index in [1.165, 1.54) is 6.92 Å². The fourth-order valence-electron chi connectivity index (χ4n) is 0.574. The van der Waals surface area contributed by atoms with E-state index in [0.717, 1.165) is 0 Å². The van der Waals surface area contributed by atoms with E-state index in [2.05, 4.69) is 23.3 Å². The third-order valence-electron chi connectivity index (χ3n) is 1.32. The Labute approximate surface area is 92.8 Å². The van der Waals surface area contributed by atoms with Gasteiger partial charge in [0.15, 0.2) is 0 Å². The molecule has 0 radical (unpaired) electrons. The Morgan fingerprint density at radius 1 is 1.40 bits per heavy atom. The van der Waals surface area contributed by atoms with E-state index in [4.69, 9.17) is 4.55 Å². The first kappa shape index (κ1) is 14.2. The second-order valence-electron chi connectivity index (χ2n) is 2.68. The summed E-state index contributed by atoms with van der Waals surface area (Å²) in [6, 6.07) is 0. The summed E-state index contributed by atoms with van der Waals surface area (Å²) in [5.41, 5.74) is 0. The Morgan fingerprint density at radius 2 is 1.93 bits per heavy atom. The van der Waals surface area contributed by atoms with E-state index in [1.54, 1.807) is 0 Å². The van der Waals surface area contributed by atoms with Crippen molar-refractivity contribution in [2.24, 2.45) is 0 Å². The Kier molecular flexibility index (Phi) is 5.61. The summed E-state index contributed by atoms with van der Waals surface area (Å²) in [5, 5.41) is 4.40. The minimum Gasteiger partial charge on any atom is -0.352 e. The van der Waals surface area contributed by atoms with E-state index < -0.39 is 20.6 Å². The molecule has 0 aromatic rings. The highest BCUT2D eigenvalue weighted by molar-refractivity contribution is 8.01. The van der Waals surface area contributed by atoms with E-state index in [-0.39, 0.29) is 19.0 Å². The van der Waals surface area contributed by atoms with Crippen molar-refractivity contribution in [2.45, 2.75) is 11.5 Å². The molecule has 7 nitrogen and oxygen atoms in total. The van der Waals surface area contributed by atoms with Gasteiger partial charge in [-0.25, -0.2) is 0 Å². The summed E-state index contributed by atoms with van der Waals surface area (Å²) in [4.78, 5) is 21.3. The second-order valence-corrected chi connectivity index (χ2v) is 5.26. The van der Waals surface area contributed by atoms with Crippen LogP contribution in [-0.4, -0.2) is 42.5 Å². The zero-order valence-electron chi connectivity index (χ0n) is 7.93. The van der Waals surface area contributed by atoms with Gasteiger partial charge in [-0.05, 0) is 0 Å². The van der Waals surface area contributed by atoms with Crippen LogP contribution in [0.2, 0.25) is 0 Å². The smallest absolute Gasteiger partial charge is 0.278 e. The number of amides is 2. The molecular formula is C6H12N2O5S2. The highest BCUT2D eigenvalue weighted by Crippen LogP contribution is 2.00. The Hall–Kier alpha value is -0.800. The van der Waals surface area contributed by atoms with Crippen molar-refractivity contribution in [3.8, 4) is 0 Å². The molecule has 0 spiro atoms. The lowest BCUT2D eigenvalue weighted by molar-refractivity contribution is -0.124. The molecule has 0 aliphatic heterocycles. The van der Waals surface area contributed by atoms with Crippen LogP contribution in [-0.2, 0) is 19.7 Å².